The lowest BCUT2D eigenvalue weighted by molar-refractivity contribution is -0.154. The second-order valence-corrected chi connectivity index (χ2v) is 7.08. The zero-order valence-electron chi connectivity index (χ0n) is 15.5. The average molecular weight is 331 g/mol. The van der Waals surface area contributed by atoms with E-state index in [1.165, 1.54) is 0 Å². The molecule has 1 rings (SSSR count). The van der Waals surface area contributed by atoms with Gasteiger partial charge in [0.1, 0.15) is 5.60 Å². The van der Waals surface area contributed by atoms with Gasteiger partial charge in [-0.3, -0.25) is 0 Å². The molecule has 1 saturated heterocycles. The molecule has 0 spiro atoms. The van der Waals surface area contributed by atoms with Gasteiger partial charge in [0.25, 0.3) is 0 Å². The molecule has 0 radical (unpaired) electrons. The monoisotopic (exact) mass is 331 g/mol. The van der Waals surface area contributed by atoms with Crippen molar-refractivity contribution in [2.24, 2.45) is 0 Å². The molecule has 0 aliphatic carbocycles. The third-order valence-corrected chi connectivity index (χ3v) is 3.60. The molecule has 6 heteroatoms. The van der Waals surface area contributed by atoms with Crippen LogP contribution in [0.3, 0.4) is 0 Å². The second-order valence-electron chi connectivity index (χ2n) is 7.08. The van der Waals surface area contributed by atoms with E-state index in [0.717, 1.165) is 6.42 Å². The fourth-order valence-electron chi connectivity index (χ4n) is 2.52. The van der Waals surface area contributed by atoms with Crippen molar-refractivity contribution in [1.82, 2.24) is 4.90 Å². The standard InChI is InChI=1S/C17H33NO5/c1-7-20-14(21-8-2)9-12-22-17(6)10-11-18(13-17)15(19)23-16(3,4)5/h14H,7-13H2,1-6H3. The summed E-state index contributed by atoms with van der Waals surface area (Å²) in [4.78, 5) is 13.8. The Morgan fingerprint density at radius 2 is 1.83 bits per heavy atom. The number of likely N-dealkylation sites (tertiary alicyclic amines) is 1. The second kappa shape index (κ2) is 8.85. The number of ether oxygens (including phenoxy) is 4. The molecular weight excluding hydrogens is 298 g/mol. The van der Waals surface area contributed by atoms with Crippen LogP contribution in [0.4, 0.5) is 4.79 Å². The molecule has 1 aliphatic heterocycles. The quantitative estimate of drug-likeness (QED) is 0.639. The van der Waals surface area contributed by atoms with E-state index in [2.05, 4.69) is 0 Å². The average Bonchev–Trinajstić information content (AvgIpc) is 2.80. The lowest BCUT2D eigenvalue weighted by Crippen LogP contribution is -2.39. The molecule has 1 fully saturated rings. The van der Waals surface area contributed by atoms with Crippen LogP contribution in [0.5, 0.6) is 0 Å². The Bertz CT molecular complexity index is 362. The topological polar surface area (TPSA) is 57.2 Å². The van der Waals surface area contributed by atoms with Gasteiger partial charge in [-0.15, -0.1) is 0 Å². The molecule has 23 heavy (non-hydrogen) atoms. The molecule has 0 N–H and O–H groups in total. The van der Waals surface area contributed by atoms with Crippen molar-refractivity contribution in [1.29, 1.82) is 0 Å². The molecule has 6 nitrogen and oxygen atoms in total. The molecule has 0 aromatic rings. The van der Waals surface area contributed by atoms with Crippen LogP contribution in [0.25, 0.3) is 0 Å². The summed E-state index contributed by atoms with van der Waals surface area (Å²) in [5.41, 5.74) is -0.807. The molecular formula is C17H33NO5. The van der Waals surface area contributed by atoms with Crippen LogP contribution in [-0.4, -0.2) is 61.4 Å². The first kappa shape index (κ1) is 20.2. The van der Waals surface area contributed by atoms with Crippen LogP contribution in [0, 0.1) is 0 Å². The minimum Gasteiger partial charge on any atom is -0.444 e. The summed E-state index contributed by atoms with van der Waals surface area (Å²) >= 11 is 0. The summed E-state index contributed by atoms with van der Waals surface area (Å²) in [6.45, 7) is 14.5. The van der Waals surface area contributed by atoms with Crippen LogP contribution >= 0.6 is 0 Å². The summed E-state index contributed by atoms with van der Waals surface area (Å²) < 4.78 is 22.4. The normalized spacial score (nSPS) is 22.0. The van der Waals surface area contributed by atoms with Gasteiger partial charge in [0.15, 0.2) is 6.29 Å². The summed E-state index contributed by atoms with van der Waals surface area (Å²) in [5.74, 6) is 0. The maximum atomic E-state index is 12.1. The number of carbonyl (C=O) groups is 1. The molecule has 0 saturated carbocycles. The first-order valence-electron chi connectivity index (χ1n) is 8.54. The highest BCUT2D eigenvalue weighted by Gasteiger charge is 2.38. The minimum atomic E-state index is -0.473. The van der Waals surface area contributed by atoms with Crippen LogP contribution in [-0.2, 0) is 18.9 Å². The number of rotatable bonds is 8. The Labute approximate surface area is 140 Å². The third-order valence-electron chi connectivity index (χ3n) is 3.60. The SMILES string of the molecule is CCOC(CCOC1(C)CCN(C(=O)OC(C)(C)C)C1)OCC. The Hall–Kier alpha value is -0.850. The lowest BCUT2D eigenvalue weighted by atomic mass is 10.1. The highest BCUT2D eigenvalue weighted by atomic mass is 16.7. The van der Waals surface area contributed by atoms with Gasteiger partial charge < -0.3 is 23.8 Å². The lowest BCUT2D eigenvalue weighted by Gasteiger charge is -2.28. The van der Waals surface area contributed by atoms with Crippen molar-refractivity contribution < 1.29 is 23.7 Å². The maximum absolute atomic E-state index is 12.1. The van der Waals surface area contributed by atoms with Gasteiger partial charge in [-0.2, -0.15) is 0 Å². The number of nitrogens with zero attached hydrogens (tertiary/aromatic N) is 1. The van der Waals surface area contributed by atoms with E-state index in [1.54, 1.807) is 4.90 Å². The summed E-state index contributed by atoms with van der Waals surface area (Å²) in [5, 5.41) is 0. The predicted octanol–water partition coefficient (Wildman–Crippen LogP) is 3.19. The molecule has 136 valence electrons. The highest BCUT2D eigenvalue weighted by Crippen LogP contribution is 2.26. The molecule has 1 heterocycles. The molecule has 0 bridgehead atoms. The fourth-order valence-corrected chi connectivity index (χ4v) is 2.52. The highest BCUT2D eigenvalue weighted by molar-refractivity contribution is 5.68. The zero-order chi connectivity index (χ0) is 17.5. The Morgan fingerprint density at radius 1 is 1.22 bits per heavy atom. The molecule has 0 aromatic carbocycles. The van der Waals surface area contributed by atoms with E-state index in [0.29, 0.717) is 39.3 Å². The van der Waals surface area contributed by atoms with Crippen LogP contribution in [0.2, 0.25) is 0 Å². The number of hydrogen-bond donors (Lipinski definition) is 0. The number of hydrogen-bond acceptors (Lipinski definition) is 5. The third kappa shape index (κ3) is 7.50. The van der Waals surface area contributed by atoms with Gasteiger partial charge >= 0.3 is 6.09 Å². The van der Waals surface area contributed by atoms with Gasteiger partial charge in [-0.1, -0.05) is 0 Å². The van der Waals surface area contributed by atoms with Gasteiger partial charge in [-0.25, -0.2) is 4.79 Å². The van der Waals surface area contributed by atoms with E-state index in [9.17, 15) is 4.79 Å². The van der Waals surface area contributed by atoms with Crippen molar-refractivity contribution in [2.45, 2.75) is 71.9 Å². The van der Waals surface area contributed by atoms with Gasteiger partial charge in [0.05, 0.1) is 18.8 Å². The predicted molar refractivity (Wildman–Crippen MR) is 88.4 cm³/mol. The molecule has 1 amide bonds. The van der Waals surface area contributed by atoms with E-state index in [-0.39, 0.29) is 18.0 Å². The van der Waals surface area contributed by atoms with E-state index < -0.39 is 5.60 Å². The van der Waals surface area contributed by atoms with Crippen LogP contribution in [0.1, 0.15) is 54.4 Å². The smallest absolute Gasteiger partial charge is 0.410 e. The zero-order valence-corrected chi connectivity index (χ0v) is 15.5. The fraction of sp³-hybridized carbons (Fsp3) is 0.941. The van der Waals surface area contributed by atoms with E-state index >= 15 is 0 Å². The van der Waals surface area contributed by atoms with Crippen molar-refractivity contribution >= 4 is 6.09 Å². The van der Waals surface area contributed by atoms with E-state index in [4.69, 9.17) is 18.9 Å². The Balaban J connectivity index is 2.39. The van der Waals surface area contributed by atoms with Crippen molar-refractivity contribution in [3.05, 3.63) is 0 Å². The molecule has 1 unspecified atom stereocenters. The largest absolute Gasteiger partial charge is 0.444 e. The first-order valence-corrected chi connectivity index (χ1v) is 8.54. The van der Waals surface area contributed by atoms with E-state index in [1.807, 2.05) is 41.5 Å². The van der Waals surface area contributed by atoms with Crippen LogP contribution < -0.4 is 0 Å². The Morgan fingerprint density at radius 3 is 2.35 bits per heavy atom. The minimum absolute atomic E-state index is 0.225. The maximum Gasteiger partial charge on any atom is 0.410 e. The van der Waals surface area contributed by atoms with Gasteiger partial charge in [0.2, 0.25) is 0 Å². The summed E-state index contributed by atoms with van der Waals surface area (Å²) in [6.07, 6.45) is 0.993. The molecule has 0 aromatic heterocycles. The summed E-state index contributed by atoms with van der Waals surface area (Å²) in [6, 6.07) is 0. The Kier molecular flexibility index (Phi) is 7.77. The van der Waals surface area contributed by atoms with Crippen molar-refractivity contribution in [3.63, 3.8) is 0 Å². The van der Waals surface area contributed by atoms with Crippen LogP contribution in [0.15, 0.2) is 0 Å². The van der Waals surface area contributed by atoms with Gasteiger partial charge in [0, 0.05) is 26.2 Å². The van der Waals surface area contributed by atoms with Crippen molar-refractivity contribution in [2.75, 3.05) is 32.9 Å². The number of carbonyl (C=O) groups excluding carboxylic acids is 1. The van der Waals surface area contributed by atoms with Crippen molar-refractivity contribution in [3.8, 4) is 0 Å². The molecule has 1 atom stereocenters. The first-order chi connectivity index (χ1) is 10.7. The number of amides is 1. The summed E-state index contributed by atoms with van der Waals surface area (Å²) in [7, 11) is 0. The van der Waals surface area contributed by atoms with Gasteiger partial charge in [-0.05, 0) is 48.0 Å². The molecule has 1 aliphatic rings.